The van der Waals surface area contributed by atoms with E-state index in [0.29, 0.717) is 6.42 Å². The van der Waals surface area contributed by atoms with E-state index in [1.54, 1.807) is 18.4 Å². The van der Waals surface area contributed by atoms with Gasteiger partial charge in [0.05, 0.1) is 24.4 Å². The van der Waals surface area contributed by atoms with Crippen molar-refractivity contribution in [2.75, 3.05) is 7.11 Å². The van der Waals surface area contributed by atoms with Crippen LogP contribution in [0.3, 0.4) is 0 Å². The summed E-state index contributed by atoms with van der Waals surface area (Å²) in [6, 6.07) is 0.0149. The fourth-order valence-corrected chi connectivity index (χ4v) is 3.21. The highest BCUT2D eigenvalue weighted by molar-refractivity contribution is 7.09. The van der Waals surface area contributed by atoms with E-state index >= 15 is 0 Å². The molecule has 2 aromatic rings. The lowest BCUT2D eigenvalue weighted by atomic mass is 10.0. The summed E-state index contributed by atoms with van der Waals surface area (Å²) >= 11 is 1.61. The van der Waals surface area contributed by atoms with Crippen molar-refractivity contribution in [3.05, 3.63) is 39.1 Å². The highest BCUT2D eigenvalue weighted by Gasteiger charge is 2.19. The molecule has 0 fully saturated rings. The zero-order valence-electron chi connectivity index (χ0n) is 12.2. The Hall–Kier alpha value is -1.50. The van der Waals surface area contributed by atoms with Gasteiger partial charge in [-0.1, -0.05) is 0 Å². The number of ether oxygens (including phenoxy) is 1. The third-order valence-corrected chi connectivity index (χ3v) is 4.49. The first kappa shape index (κ1) is 14.9. The highest BCUT2D eigenvalue weighted by Crippen LogP contribution is 2.29. The number of hydrogen-bond acceptors (Lipinski definition) is 6. The van der Waals surface area contributed by atoms with Crippen molar-refractivity contribution in [3.63, 3.8) is 0 Å². The van der Waals surface area contributed by atoms with Crippen molar-refractivity contribution in [3.8, 4) is 5.75 Å². The highest BCUT2D eigenvalue weighted by atomic mass is 32.1. The summed E-state index contributed by atoms with van der Waals surface area (Å²) in [5.41, 5.74) is 8.81. The third-order valence-electron chi connectivity index (χ3n) is 3.45. The average Bonchev–Trinajstić information content (AvgIpc) is 2.85. The molecule has 108 valence electrons. The number of nitrogens with zero attached hydrogens (tertiary/aromatic N) is 2. The second-order valence-electron chi connectivity index (χ2n) is 4.77. The Morgan fingerprint density at radius 3 is 2.65 bits per heavy atom. The van der Waals surface area contributed by atoms with Gasteiger partial charge in [0.25, 0.3) is 0 Å². The van der Waals surface area contributed by atoms with Crippen molar-refractivity contribution >= 4 is 11.3 Å². The predicted molar refractivity (Wildman–Crippen MR) is 80.9 cm³/mol. The van der Waals surface area contributed by atoms with Gasteiger partial charge in [-0.15, -0.1) is 11.3 Å². The van der Waals surface area contributed by atoms with Crippen molar-refractivity contribution in [1.82, 2.24) is 15.4 Å². The molecule has 20 heavy (non-hydrogen) atoms. The topological polar surface area (TPSA) is 73.1 Å². The van der Waals surface area contributed by atoms with Crippen LogP contribution in [0.2, 0.25) is 0 Å². The molecule has 0 aromatic carbocycles. The van der Waals surface area contributed by atoms with E-state index in [1.807, 2.05) is 32.5 Å². The van der Waals surface area contributed by atoms with Gasteiger partial charge >= 0.3 is 0 Å². The van der Waals surface area contributed by atoms with Gasteiger partial charge in [0.2, 0.25) is 0 Å². The van der Waals surface area contributed by atoms with Crippen molar-refractivity contribution in [2.24, 2.45) is 5.84 Å². The molecule has 0 amide bonds. The second-order valence-corrected chi connectivity index (χ2v) is 5.66. The Balaban J connectivity index is 2.31. The minimum Gasteiger partial charge on any atom is -0.496 e. The van der Waals surface area contributed by atoms with E-state index in [2.05, 4.69) is 15.4 Å². The summed E-state index contributed by atoms with van der Waals surface area (Å²) in [6.45, 7) is 6.02. The second kappa shape index (κ2) is 6.30. The molecule has 0 aliphatic rings. The van der Waals surface area contributed by atoms with E-state index in [-0.39, 0.29) is 6.04 Å². The Bertz CT molecular complexity index is 597. The number of nitrogens with one attached hydrogen (secondary N) is 1. The molecule has 2 heterocycles. The molecule has 0 saturated heterocycles. The van der Waals surface area contributed by atoms with E-state index in [0.717, 1.165) is 33.1 Å². The lowest BCUT2D eigenvalue weighted by Gasteiger charge is -2.17. The minimum atomic E-state index is 0.0149. The van der Waals surface area contributed by atoms with Gasteiger partial charge in [0.15, 0.2) is 0 Å². The van der Waals surface area contributed by atoms with Crippen LogP contribution in [-0.2, 0) is 6.42 Å². The number of aryl methyl sites for hydroxylation is 2. The lowest BCUT2D eigenvalue weighted by Crippen LogP contribution is -2.30. The van der Waals surface area contributed by atoms with Crippen LogP contribution in [0.4, 0.5) is 0 Å². The number of rotatable bonds is 5. The summed E-state index contributed by atoms with van der Waals surface area (Å²) in [5, 5.41) is 0. The van der Waals surface area contributed by atoms with Gasteiger partial charge in [-0.05, 0) is 20.8 Å². The molecule has 0 bridgehead atoms. The predicted octanol–water partition coefficient (Wildman–Crippen LogP) is 2.22. The molecule has 2 rings (SSSR count). The minimum absolute atomic E-state index is 0.0149. The zero-order valence-corrected chi connectivity index (χ0v) is 13.0. The molecular weight excluding hydrogens is 272 g/mol. The Morgan fingerprint density at radius 1 is 1.35 bits per heavy atom. The summed E-state index contributed by atoms with van der Waals surface area (Å²) in [4.78, 5) is 9.94. The van der Waals surface area contributed by atoms with Gasteiger partial charge in [0.1, 0.15) is 5.75 Å². The Kier molecular flexibility index (Phi) is 4.69. The number of methoxy groups -OCH3 is 1. The molecule has 1 atom stereocenters. The molecule has 0 spiro atoms. The van der Waals surface area contributed by atoms with Crippen LogP contribution in [0.25, 0.3) is 0 Å². The number of aromatic nitrogens is 2. The first-order chi connectivity index (χ1) is 9.58. The molecule has 0 radical (unpaired) electrons. The van der Waals surface area contributed by atoms with Crippen LogP contribution in [-0.4, -0.2) is 17.1 Å². The summed E-state index contributed by atoms with van der Waals surface area (Å²) in [5.74, 6) is 6.60. The standard InChI is InChI=1S/C14H20N4OS/c1-8-6-16-11(9(2)13(8)19-4)5-12(18-15)14-10(3)17-7-20-14/h6-7,12,18H,5,15H2,1-4H3. The first-order valence-corrected chi connectivity index (χ1v) is 7.31. The summed E-state index contributed by atoms with van der Waals surface area (Å²) in [6.07, 6.45) is 2.55. The maximum Gasteiger partial charge on any atom is 0.128 e. The molecule has 1 unspecified atom stereocenters. The Morgan fingerprint density at radius 2 is 2.10 bits per heavy atom. The monoisotopic (exact) mass is 292 g/mol. The van der Waals surface area contributed by atoms with Crippen molar-refractivity contribution in [2.45, 2.75) is 33.2 Å². The van der Waals surface area contributed by atoms with Crippen molar-refractivity contribution < 1.29 is 4.74 Å². The van der Waals surface area contributed by atoms with Crippen molar-refractivity contribution in [1.29, 1.82) is 0 Å². The number of pyridine rings is 1. The van der Waals surface area contributed by atoms with E-state index in [1.165, 1.54) is 0 Å². The largest absolute Gasteiger partial charge is 0.496 e. The van der Waals surface area contributed by atoms with Gasteiger partial charge < -0.3 is 4.74 Å². The normalized spacial score (nSPS) is 12.4. The van der Waals surface area contributed by atoms with Gasteiger partial charge in [-0.3, -0.25) is 16.3 Å². The van der Waals surface area contributed by atoms with Crippen LogP contribution < -0.4 is 16.0 Å². The third kappa shape index (κ3) is 2.82. The number of hydrogen-bond donors (Lipinski definition) is 2. The smallest absolute Gasteiger partial charge is 0.128 e. The van der Waals surface area contributed by atoms with Crippen LogP contribution in [0.15, 0.2) is 11.7 Å². The molecule has 0 aliphatic heterocycles. The number of hydrazine groups is 1. The SMILES string of the molecule is COc1c(C)cnc(CC(NN)c2scnc2C)c1C. The van der Waals surface area contributed by atoms with Gasteiger partial charge in [-0.25, -0.2) is 4.98 Å². The number of thiazole rings is 1. The van der Waals surface area contributed by atoms with E-state index in [4.69, 9.17) is 10.6 Å². The molecule has 2 aromatic heterocycles. The number of nitrogens with two attached hydrogens (primary N) is 1. The summed E-state index contributed by atoms with van der Waals surface area (Å²) in [7, 11) is 1.69. The molecule has 6 heteroatoms. The molecule has 0 saturated carbocycles. The van der Waals surface area contributed by atoms with Crippen LogP contribution in [0, 0.1) is 20.8 Å². The zero-order chi connectivity index (χ0) is 14.7. The van der Waals surface area contributed by atoms with E-state index < -0.39 is 0 Å². The fraction of sp³-hybridized carbons (Fsp3) is 0.429. The molecule has 0 aliphatic carbocycles. The maximum atomic E-state index is 5.70. The van der Waals surface area contributed by atoms with Gasteiger partial charge in [0, 0.05) is 34.3 Å². The maximum absolute atomic E-state index is 5.70. The van der Waals surface area contributed by atoms with Crippen LogP contribution in [0.1, 0.15) is 33.4 Å². The van der Waals surface area contributed by atoms with E-state index in [9.17, 15) is 0 Å². The molecule has 3 N–H and O–H groups in total. The van der Waals surface area contributed by atoms with Gasteiger partial charge in [-0.2, -0.15) is 0 Å². The molecule has 5 nitrogen and oxygen atoms in total. The first-order valence-electron chi connectivity index (χ1n) is 6.43. The Labute approximate surface area is 123 Å². The molecular formula is C14H20N4OS. The average molecular weight is 292 g/mol. The van der Waals surface area contributed by atoms with Crippen LogP contribution >= 0.6 is 11.3 Å². The lowest BCUT2D eigenvalue weighted by molar-refractivity contribution is 0.406. The summed E-state index contributed by atoms with van der Waals surface area (Å²) < 4.78 is 5.44. The fourth-order valence-electron chi connectivity index (χ4n) is 2.34. The quantitative estimate of drug-likeness (QED) is 0.653. The van der Waals surface area contributed by atoms with Crippen LogP contribution in [0.5, 0.6) is 5.75 Å².